The molecule has 32 heavy (non-hydrogen) atoms. The summed E-state index contributed by atoms with van der Waals surface area (Å²) in [5.74, 6) is 1.59. The molecule has 2 atom stereocenters. The topological polar surface area (TPSA) is 97.8 Å². The Morgan fingerprint density at radius 3 is 2.44 bits per heavy atom. The summed E-state index contributed by atoms with van der Waals surface area (Å²) in [6.45, 7) is 5.37. The summed E-state index contributed by atoms with van der Waals surface area (Å²) in [6, 6.07) is 9.67. The first kappa shape index (κ1) is 21.2. The number of nitrogens with one attached hydrogen (secondary N) is 1. The van der Waals surface area contributed by atoms with Crippen molar-refractivity contribution in [2.45, 2.75) is 25.2 Å². The van der Waals surface area contributed by atoms with Crippen LogP contribution in [0.25, 0.3) is 10.2 Å². The molecule has 1 fully saturated rings. The van der Waals surface area contributed by atoms with Gasteiger partial charge in [-0.2, -0.15) is 4.31 Å². The zero-order chi connectivity index (χ0) is 22.5. The zero-order valence-electron chi connectivity index (χ0n) is 17.7. The molecule has 168 valence electrons. The molecule has 2 aromatic carbocycles. The van der Waals surface area contributed by atoms with E-state index in [1.807, 2.05) is 6.07 Å². The molecule has 10 heteroatoms. The summed E-state index contributed by atoms with van der Waals surface area (Å²) in [4.78, 5) is 17.3. The maximum atomic E-state index is 13.0. The molecule has 2 unspecified atom stereocenters. The van der Waals surface area contributed by atoms with Crippen LogP contribution < -0.4 is 14.8 Å². The predicted octanol–water partition coefficient (Wildman–Crippen LogP) is 3.94. The van der Waals surface area contributed by atoms with Crippen LogP contribution >= 0.6 is 11.3 Å². The quantitative estimate of drug-likeness (QED) is 0.616. The van der Waals surface area contributed by atoms with Gasteiger partial charge in [-0.15, -0.1) is 0 Å². The molecule has 0 aliphatic carbocycles. The monoisotopic (exact) mass is 473 g/mol. The summed E-state index contributed by atoms with van der Waals surface area (Å²) in [5.41, 5.74) is 1.07. The third-order valence-corrected chi connectivity index (χ3v) is 8.47. The Hall–Kier alpha value is -2.69. The molecule has 1 amide bonds. The molecule has 2 aliphatic heterocycles. The molecule has 0 saturated carbocycles. The molecule has 1 aromatic heterocycles. The van der Waals surface area contributed by atoms with Gasteiger partial charge in [0, 0.05) is 30.8 Å². The molecule has 8 nitrogen and oxygen atoms in total. The number of fused-ring (bicyclic) bond motifs is 2. The van der Waals surface area contributed by atoms with Gasteiger partial charge in [-0.05, 0) is 42.5 Å². The van der Waals surface area contributed by atoms with Gasteiger partial charge in [-0.3, -0.25) is 10.1 Å². The number of hydrogen-bond acceptors (Lipinski definition) is 7. The predicted molar refractivity (Wildman–Crippen MR) is 122 cm³/mol. The van der Waals surface area contributed by atoms with E-state index in [0.29, 0.717) is 52.6 Å². The Labute approximate surface area is 190 Å². The van der Waals surface area contributed by atoms with E-state index in [0.717, 1.165) is 11.1 Å². The van der Waals surface area contributed by atoms with E-state index in [2.05, 4.69) is 24.1 Å². The lowest BCUT2D eigenvalue weighted by molar-refractivity contribution is 0.102. The number of aromatic nitrogens is 1. The van der Waals surface area contributed by atoms with Crippen LogP contribution in [-0.2, 0) is 10.0 Å². The van der Waals surface area contributed by atoms with Crippen LogP contribution in [0.3, 0.4) is 0 Å². The van der Waals surface area contributed by atoms with E-state index >= 15 is 0 Å². The van der Waals surface area contributed by atoms with Gasteiger partial charge < -0.3 is 9.47 Å². The maximum absolute atomic E-state index is 13.0. The van der Waals surface area contributed by atoms with Crippen molar-refractivity contribution in [3.8, 4) is 11.5 Å². The molecule has 3 aromatic rings. The maximum Gasteiger partial charge on any atom is 0.257 e. The number of sulfonamides is 1. The summed E-state index contributed by atoms with van der Waals surface area (Å²) in [6.07, 6.45) is 1.03. The Kier molecular flexibility index (Phi) is 5.31. The van der Waals surface area contributed by atoms with Crippen molar-refractivity contribution >= 4 is 42.6 Å². The molecule has 5 rings (SSSR count). The van der Waals surface area contributed by atoms with Gasteiger partial charge in [0.05, 0.1) is 15.1 Å². The first-order chi connectivity index (χ1) is 15.3. The van der Waals surface area contributed by atoms with E-state index < -0.39 is 10.0 Å². The Bertz CT molecular complexity index is 1240. The first-order valence-corrected chi connectivity index (χ1v) is 12.7. The van der Waals surface area contributed by atoms with Crippen molar-refractivity contribution < 1.29 is 22.7 Å². The molecular formula is C22H23N3O5S2. The minimum Gasteiger partial charge on any atom is -0.454 e. The second-order valence-electron chi connectivity index (χ2n) is 8.44. The number of rotatable bonds is 4. The molecule has 0 radical (unpaired) electrons. The van der Waals surface area contributed by atoms with Gasteiger partial charge in [-0.25, -0.2) is 13.4 Å². The van der Waals surface area contributed by atoms with Crippen molar-refractivity contribution in [1.29, 1.82) is 0 Å². The summed E-state index contributed by atoms with van der Waals surface area (Å²) >= 11 is 1.33. The largest absolute Gasteiger partial charge is 0.454 e. The summed E-state index contributed by atoms with van der Waals surface area (Å²) in [7, 11) is -3.58. The fourth-order valence-corrected chi connectivity index (χ4v) is 6.82. The van der Waals surface area contributed by atoms with Crippen molar-refractivity contribution in [1.82, 2.24) is 9.29 Å². The number of ether oxygens (including phenoxy) is 2. The van der Waals surface area contributed by atoms with Crippen molar-refractivity contribution in [3.05, 3.63) is 42.0 Å². The van der Waals surface area contributed by atoms with Crippen LogP contribution in [0.5, 0.6) is 11.5 Å². The van der Waals surface area contributed by atoms with Gasteiger partial charge in [0.1, 0.15) is 0 Å². The van der Waals surface area contributed by atoms with Crippen LogP contribution in [0, 0.1) is 11.8 Å². The van der Waals surface area contributed by atoms with Gasteiger partial charge in [0.25, 0.3) is 5.91 Å². The highest BCUT2D eigenvalue weighted by Gasteiger charge is 2.31. The van der Waals surface area contributed by atoms with Crippen LogP contribution in [0.2, 0.25) is 0 Å². The van der Waals surface area contributed by atoms with E-state index in [1.165, 1.54) is 35.6 Å². The average molecular weight is 474 g/mol. The highest BCUT2D eigenvalue weighted by molar-refractivity contribution is 7.89. The number of benzene rings is 2. The lowest BCUT2D eigenvalue weighted by Gasteiger charge is -2.34. The number of nitrogens with zero attached hydrogens (tertiary/aromatic N) is 2. The normalized spacial score (nSPS) is 21.1. The van der Waals surface area contributed by atoms with Crippen LogP contribution in [0.4, 0.5) is 5.13 Å². The molecule has 3 heterocycles. The van der Waals surface area contributed by atoms with Gasteiger partial charge in [0.15, 0.2) is 16.6 Å². The van der Waals surface area contributed by atoms with Gasteiger partial charge >= 0.3 is 0 Å². The van der Waals surface area contributed by atoms with Crippen LogP contribution in [0.15, 0.2) is 41.3 Å². The Balaban J connectivity index is 1.31. The number of piperidine rings is 1. The van der Waals surface area contributed by atoms with Crippen LogP contribution in [-0.4, -0.2) is 43.5 Å². The van der Waals surface area contributed by atoms with E-state index in [1.54, 1.807) is 10.4 Å². The van der Waals surface area contributed by atoms with Crippen molar-refractivity contribution in [2.75, 3.05) is 25.2 Å². The highest BCUT2D eigenvalue weighted by Crippen LogP contribution is 2.39. The van der Waals surface area contributed by atoms with E-state index in [4.69, 9.17) is 9.47 Å². The number of anilines is 1. The minimum atomic E-state index is -3.58. The zero-order valence-corrected chi connectivity index (χ0v) is 19.3. The van der Waals surface area contributed by atoms with E-state index in [-0.39, 0.29) is 17.6 Å². The second kappa shape index (κ2) is 8.02. The lowest BCUT2D eigenvalue weighted by Crippen LogP contribution is -2.42. The SMILES string of the molecule is CC1CC(C)CN(S(=O)(=O)c2ccc(C(=O)Nc3nc4cc5c(cc4s3)OCO5)cc2)C1. The average Bonchev–Trinajstić information content (AvgIpc) is 3.36. The number of amides is 1. The molecule has 2 aliphatic rings. The van der Waals surface area contributed by atoms with E-state index in [9.17, 15) is 13.2 Å². The molecule has 1 saturated heterocycles. The molecule has 0 bridgehead atoms. The minimum absolute atomic E-state index is 0.192. The third kappa shape index (κ3) is 3.94. The van der Waals surface area contributed by atoms with Crippen molar-refractivity contribution in [2.24, 2.45) is 11.8 Å². The number of carbonyl (C=O) groups excluding carboxylic acids is 1. The third-order valence-electron chi connectivity index (χ3n) is 5.69. The summed E-state index contributed by atoms with van der Waals surface area (Å²) < 4.78 is 39.2. The van der Waals surface area contributed by atoms with Gasteiger partial charge in [-0.1, -0.05) is 25.2 Å². The standard InChI is InChI=1S/C22H23N3O5S2/c1-13-7-14(2)11-25(10-13)32(27,28)16-5-3-15(4-6-16)21(26)24-22-23-17-8-18-19(30-12-29-18)9-20(17)31-22/h3-6,8-9,13-14H,7,10-12H2,1-2H3,(H,23,24,26). The Morgan fingerprint density at radius 2 is 1.75 bits per heavy atom. The summed E-state index contributed by atoms with van der Waals surface area (Å²) in [5, 5.41) is 3.23. The molecular weight excluding hydrogens is 450 g/mol. The Morgan fingerprint density at radius 1 is 1.09 bits per heavy atom. The second-order valence-corrected chi connectivity index (χ2v) is 11.4. The number of carbonyl (C=O) groups is 1. The number of thiazole rings is 1. The van der Waals surface area contributed by atoms with Gasteiger partial charge in [0.2, 0.25) is 16.8 Å². The molecule has 0 spiro atoms. The lowest BCUT2D eigenvalue weighted by atomic mass is 9.94. The smallest absolute Gasteiger partial charge is 0.257 e. The fourth-order valence-electron chi connectivity index (χ4n) is 4.27. The fraction of sp³-hybridized carbons (Fsp3) is 0.364. The van der Waals surface area contributed by atoms with Crippen molar-refractivity contribution in [3.63, 3.8) is 0 Å². The molecule has 1 N–H and O–H groups in total. The van der Waals surface area contributed by atoms with Crippen LogP contribution in [0.1, 0.15) is 30.6 Å². The number of hydrogen-bond donors (Lipinski definition) is 1. The first-order valence-electron chi connectivity index (χ1n) is 10.4. The highest BCUT2D eigenvalue weighted by atomic mass is 32.2.